The van der Waals surface area contributed by atoms with Gasteiger partial charge in [0.25, 0.3) is 5.91 Å². The molecule has 33 heavy (non-hydrogen) atoms. The van der Waals surface area contributed by atoms with Crippen molar-refractivity contribution >= 4 is 56.8 Å². The summed E-state index contributed by atoms with van der Waals surface area (Å²) < 4.78 is 12.3. The number of anilines is 1. The van der Waals surface area contributed by atoms with E-state index >= 15 is 0 Å². The van der Waals surface area contributed by atoms with Crippen LogP contribution in [0.15, 0.2) is 70.7 Å². The minimum Gasteiger partial charge on any atom is -0.490 e. The third-order valence-corrected chi connectivity index (χ3v) is 5.42. The Kier molecular flexibility index (Phi) is 8.79. The lowest BCUT2D eigenvalue weighted by atomic mass is 10.1. The van der Waals surface area contributed by atoms with Crippen LogP contribution in [0.25, 0.3) is 6.08 Å². The van der Waals surface area contributed by atoms with E-state index in [0.717, 1.165) is 5.56 Å². The average molecular weight is 546 g/mol. The first-order valence-electron chi connectivity index (χ1n) is 9.92. The molecule has 3 aromatic rings. The molecule has 0 aromatic heterocycles. The maximum atomic E-state index is 12.6. The van der Waals surface area contributed by atoms with Gasteiger partial charge in [0, 0.05) is 15.7 Å². The zero-order valence-corrected chi connectivity index (χ0v) is 20.7. The number of carbonyl (C=O) groups is 1. The van der Waals surface area contributed by atoms with Crippen molar-refractivity contribution in [3.05, 3.63) is 91.9 Å². The molecule has 0 unspecified atom stereocenters. The number of hydrogen-bond acceptors (Lipinski definition) is 4. The van der Waals surface area contributed by atoms with Crippen molar-refractivity contribution in [2.45, 2.75) is 13.5 Å². The molecule has 0 saturated heterocycles. The second kappa shape index (κ2) is 11.8. The second-order valence-electron chi connectivity index (χ2n) is 6.82. The molecule has 3 aromatic carbocycles. The average Bonchev–Trinajstić information content (AvgIpc) is 2.77. The van der Waals surface area contributed by atoms with Gasteiger partial charge in [-0.25, -0.2) is 0 Å². The molecular formula is C25H19BrCl2N2O3. The minimum atomic E-state index is -0.546. The number of hydrogen-bond donors (Lipinski definition) is 1. The molecule has 168 valence electrons. The summed E-state index contributed by atoms with van der Waals surface area (Å²) in [6.45, 7) is 2.56. The van der Waals surface area contributed by atoms with E-state index in [2.05, 4.69) is 21.2 Å². The number of nitriles is 1. The monoisotopic (exact) mass is 544 g/mol. The van der Waals surface area contributed by atoms with Gasteiger partial charge in [-0.2, -0.15) is 5.26 Å². The summed E-state index contributed by atoms with van der Waals surface area (Å²) in [5, 5.41) is 13.3. The molecule has 0 bridgehead atoms. The Balaban J connectivity index is 1.85. The third kappa shape index (κ3) is 7.00. The largest absolute Gasteiger partial charge is 0.490 e. The Morgan fingerprint density at radius 1 is 1.09 bits per heavy atom. The molecule has 1 amide bonds. The van der Waals surface area contributed by atoms with Crippen molar-refractivity contribution in [3.63, 3.8) is 0 Å². The standard InChI is InChI=1S/C25H19BrCl2N2O3/c1-2-32-23-12-17(9-18(14-29)25(31)30-21-8-4-7-20(28)13-21)11-22(26)24(23)33-15-16-5-3-6-19(27)10-16/h3-13H,2,15H2,1H3,(H,30,31)/b18-9+. The molecule has 0 spiro atoms. The molecule has 0 saturated carbocycles. The smallest absolute Gasteiger partial charge is 0.266 e. The molecular weight excluding hydrogens is 527 g/mol. The highest BCUT2D eigenvalue weighted by Crippen LogP contribution is 2.38. The van der Waals surface area contributed by atoms with E-state index in [4.69, 9.17) is 32.7 Å². The Morgan fingerprint density at radius 2 is 1.82 bits per heavy atom. The van der Waals surface area contributed by atoms with Gasteiger partial charge in [-0.3, -0.25) is 4.79 Å². The summed E-state index contributed by atoms with van der Waals surface area (Å²) in [5.74, 6) is 0.443. The summed E-state index contributed by atoms with van der Waals surface area (Å²) in [7, 11) is 0. The normalized spacial score (nSPS) is 10.9. The fourth-order valence-electron chi connectivity index (χ4n) is 2.94. The van der Waals surface area contributed by atoms with Gasteiger partial charge >= 0.3 is 0 Å². The van der Waals surface area contributed by atoms with E-state index in [1.807, 2.05) is 31.2 Å². The van der Waals surface area contributed by atoms with E-state index in [1.165, 1.54) is 6.08 Å². The van der Waals surface area contributed by atoms with Crippen LogP contribution >= 0.6 is 39.1 Å². The number of nitrogens with one attached hydrogen (secondary N) is 1. The molecule has 0 aliphatic carbocycles. The summed E-state index contributed by atoms with van der Waals surface area (Å²) in [6, 6.07) is 19.5. The summed E-state index contributed by atoms with van der Waals surface area (Å²) in [4.78, 5) is 12.6. The van der Waals surface area contributed by atoms with Crippen LogP contribution in [-0.4, -0.2) is 12.5 Å². The van der Waals surface area contributed by atoms with Crippen LogP contribution in [0.5, 0.6) is 11.5 Å². The lowest BCUT2D eigenvalue weighted by molar-refractivity contribution is -0.112. The Labute approximate surface area is 210 Å². The highest BCUT2D eigenvalue weighted by Gasteiger charge is 2.15. The molecule has 0 aliphatic heterocycles. The van der Waals surface area contributed by atoms with Crippen LogP contribution in [0.3, 0.4) is 0 Å². The number of nitrogens with zero attached hydrogens (tertiary/aromatic N) is 1. The lowest BCUT2D eigenvalue weighted by Crippen LogP contribution is -2.13. The van der Waals surface area contributed by atoms with Crippen molar-refractivity contribution in [2.24, 2.45) is 0 Å². The van der Waals surface area contributed by atoms with E-state index in [9.17, 15) is 10.1 Å². The fraction of sp³-hybridized carbons (Fsp3) is 0.120. The Morgan fingerprint density at radius 3 is 2.48 bits per heavy atom. The first-order chi connectivity index (χ1) is 15.9. The molecule has 5 nitrogen and oxygen atoms in total. The summed E-state index contributed by atoms with van der Waals surface area (Å²) >= 11 is 15.5. The zero-order chi connectivity index (χ0) is 23.8. The van der Waals surface area contributed by atoms with Gasteiger partial charge in [-0.1, -0.05) is 41.4 Å². The summed E-state index contributed by atoms with van der Waals surface area (Å²) in [6.07, 6.45) is 1.48. The maximum absolute atomic E-state index is 12.6. The Bertz CT molecular complexity index is 1240. The van der Waals surface area contributed by atoms with E-state index < -0.39 is 5.91 Å². The van der Waals surface area contributed by atoms with Crippen molar-refractivity contribution in [1.82, 2.24) is 0 Å². The molecule has 3 rings (SSSR count). The number of halogens is 3. The van der Waals surface area contributed by atoms with Gasteiger partial charge in [-0.15, -0.1) is 0 Å². The molecule has 0 heterocycles. The van der Waals surface area contributed by atoms with Crippen molar-refractivity contribution in [2.75, 3.05) is 11.9 Å². The number of rotatable bonds is 8. The van der Waals surface area contributed by atoms with Gasteiger partial charge < -0.3 is 14.8 Å². The molecule has 8 heteroatoms. The van der Waals surface area contributed by atoms with E-state index in [1.54, 1.807) is 42.5 Å². The van der Waals surface area contributed by atoms with E-state index in [0.29, 0.717) is 50.5 Å². The zero-order valence-electron chi connectivity index (χ0n) is 17.6. The van der Waals surface area contributed by atoms with Gasteiger partial charge in [-0.05, 0) is 82.5 Å². The molecule has 0 fully saturated rings. The lowest BCUT2D eigenvalue weighted by Gasteiger charge is -2.15. The van der Waals surface area contributed by atoms with Crippen molar-refractivity contribution in [1.29, 1.82) is 5.26 Å². The van der Waals surface area contributed by atoms with Crippen LogP contribution in [-0.2, 0) is 11.4 Å². The van der Waals surface area contributed by atoms with Gasteiger partial charge in [0.15, 0.2) is 11.5 Å². The molecule has 1 N–H and O–H groups in total. The predicted octanol–water partition coefficient (Wildman–Crippen LogP) is 7.28. The number of benzene rings is 3. The van der Waals surface area contributed by atoms with Gasteiger partial charge in [0.2, 0.25) is 0 Å². The highest BCUT2D eigenvalue weighted by atomic mass is 79.9. The third-order valence-electron chi connectivity index (χ3n) is 4.36. The van der Waals surface area contributed by atoms with Crippen LogP contribution in [0.4, 0.5) is 5.69 Å². The van der Waals surface area contributed by atoms with Crippen molar-refractivity contribution in [3.8, 4) is 17.6 Å². The highest BCUT2D eigenvalue weighted by molar-refractivity contribution is 9.10. The van der Waals surface area contributed by atoms with Crippen molar-refractivity contribution < 1.29 is 14.3 Å². The van der Waals surface area contributed by atoms with Gasteiger partial charge in [0.05, 0.1) is 11.1 Å². The second-order valence-corrected chi connectivity index (χ2v) is 8.54. The van der Waals surface area contributed by atoms with Crippen LogP contribution in [0, 0.1) is 11.3 Å². The van der Waals surface area contributed by atoms with Crippen LogP contribution in [0.2, 0.25) is 10.0 Å². The first kappa shape index (κ1) is 24.7. The van der Waals surface area contributed by atoms with Crippen LogP contribution < -0.4 is 14.8 Å². The fourth-order valence-corrected chi connectivity index (χ4v) is 3.91. The SMILES string of the molecule is CCOc1cc(/C=C(\C#N)C(=O)Nc2cccc(Cl)c2)cc(Br)c1OCc1cccc(Cl)c1. The quantitative estimate of drug-likeness (QED) is 0.238. The number of ether oxygens (including phenoxy) is 2. The Hall–Kier alpha value is -2.98. The molecule has 0 atom stereocenters. The minimum absolute atomic E-state index is 0.0723. The molecule has 0 radical (unpaired) electrons. The summed E-state index contributed by atoms with van der Waals surface area (Å²) in [5.41, 5.74) is 1.93. The topological polar surface area (TPSA) is 71.3 Å². The van der Waals surface area contributed by atoms with Gasteiger partial charge in [0.1, 0.15) is 18.2 Å². The van der Waals surface area contributed by atoms with E-state index in [-0.39, 0.29) is 5.57 Å². The first-order valence-corrected chi connectivity index (χ1v) is 11.5. The number of amides is 1. The number of carbonyl (C=O) groups excluding carboxylic acids is 1. The predicted molar refractivity (Wildman–Crippen MR) is 135 cm³/mol. The molecule has 0 aliphatic rings. The maximum Gasteiger partial charge on any atom is 0.266 e. The van der Waals surface area contributed by atoms with Crippen LogP contribution in [0.1, 0.15) is 18.1 Å².